The lowest BCUT2D eigenvalue weighted by Gasteiger charge is -2.45. The van der Waals surface area contributed by atoms with Crippen LogP contribution in [-0.2, 0) is 12.8 Å². The van der Waals surface area contributed by atoms with Gasteiger partial charge in [0.1, 0.15) is 0 Å². The highest BCUT2D eigenvalue weighted by atomic mass is 15.2. The highest BCUT2D eigenvalue weighted by Crippen LogP contribution is 2.45. The van der Waals surface area contributed by atoms with Gasteiger partial charge in [0, 0.05) is 86.7 Å². The second-order valence-corrected chi connectivity index (χ2v) is 23.6. The van der Waals surface area contributed by atoms with Crippen LogP contribution in [0.4, 0.5) is 22.7 Å². The highest BCUT2D eigenvalue weighted by molar-refractivity contribution is 7.00. The van der Waals surface area contributed by atoms with Gasteiger partial charge in [0.15, 0.2) is 0 Å². The molecule has 3 aromatic heterocycles. The van der Waals surface area contributed by atoms with Crippen molar-refractivity contribution >= 4 is 89.5 Å². The molecule has 0 spiro atoms. The van der Waals surface area contributed by atoms with Gasteiger partial charge in [-0.2, -0.15) is 0 Å². The SMILES string of the molecule is [2H]c1c([2H])c([2H])c2c(c1[2H])c1c([2H])c([2H])c([2H])c([2H])c1n2-c1ccc2c(c1)N(CCc1c(-c3ccccc3)cccc1-c1ccccc1)c1cc(-c3cccnc3)cc3c1B2c1ccc(-n2c4c([2H])c([2H])c([2H])c([2H])c4c4c([2H])c([2H])c([2H])c([2H])c42)cc1N3CCc1c(-c2ccccc2)cccc1-c1ccccc1. The number of hydrogen-bond donors (Lipinski definition) is 0. The van der Waals surface area contributed by atoms with Gasteiger partial charge in [-0.05, 0) is 157 Å². The van der Waals surface area contributed by atoms with Gasteiger partial charge in [-0.15, -0.1) is 0 Å². The maximum absolute atomic E-state index is 9.68. The number of rotatable bonds is 13. The van der Waals surface area contributed by atoms with Gasteiger partial charge >= 0.3 is 0 Å². The van der Waals surface area contributed by atoms with Crippen LogP contribution in [0.5, 0.6) is 0 Å². The number of benzene rings is 13. The van der Waals surface area contributed by atoms with Gasteiger partial charge in [0.25, 0.3) is 6.71 Å². The molecule has 6 heteroatoms. The van der Waals surface area contributed by atoms with Crippen LogP contribution in [0.25, 0.3) is 111 Å². The second-order valence-electron chi connectivity index (χ2n) is 23.6. The summed E-state index contributed by atoms with van der Waals surface area (Å²) in [5.74, 6) is 0. The number of para-hydroxylation sites is 4. The van der Waals surface area contributed by atoms with Gasteiger partial charge in [-0.3, -0.25) is 4.98 Å². The molecule has 2 aliphatic rings. The summed E-state index contributed by atoms with van der Waals surface area (Å²) in [6.45, 7) is -0.00484. The third-order valence-corrected chi connectivity index (χ3v) is 18.7. The number of pyridine rings is 1. The number of nitrogens with zero attached hydrogens (tertiary/aromatic N) is 5. The molecule has 2 aliphatic heterocycles. The highest BCUT2D eigenvalue weighted by Gasteiger charge is 2.43. The van der Waals surface area contributed by atoms with Gasteiger partial charge in [0.05, 0.1) is 44.0 Å². The fourth-order valence-corrected chi connectivity index (χ4v) is 14.7. The Morgan fingerprint density at radius 2 is 0.677 bits per heavy atom. The molecule has 18 rings (SSSR count). The minimum absolute atomic E-state index is 0.0311. The molecule has 438 valence electrons. The zero-order valence-electron chi connectivity index (χ0n) is 66.1. The summed E-state index contributed by atoms with van der Waals surface area (Å²) in [7, 11) is 0. The number of aromatic nitrogens is 3. The smallest absolute Gasteiger partial charge is 0.252 e. The molecular weight excluding hydrogens is 1130 g/mol. The Bertz CT molecular complexity index is 5880. The van der Waals surface area contributed by atoms with Crippen LogP contribution in [0.3, 0.4) is 0 Å². The molecule has 0 fully saturated rings. The van der Waals surface area contributed by atoms with Crippen LogP contribution in [-0.4, -0.2) is 33.9 Å². The van der Waals surface area contributed by atoms with Gasteiger partial charge < -0.3 is 18.9 Å². The largest absolute Gasteiger partial charge is 0.342 e. The van der Waals surface area contributed by atoms with Crippen molar-refractivity contribution in [1.29, 1.82) is 0 Å². The van der Waals surface area contributed by atoms with Crippen LogP contribution in [0, 0.1) is 0 Å². The topological polar surface area (TPSA) is 29.2 Å². The Hall–Kier alpha value is -11.7. The molecule has 0 unspecified atom stereocenters. The lowest BCUT2D eigenvalue weighted by atomic mass is 9.33. The first kappa shape index (κ1) is 40.1. The van der Waals surface area contributed by atoms with Crippen LogP contribution < -0.4 is 26.2 Å². The Balaban J connectivity index is 0.956. The maximum atomic E-state index is 9.68. The van der Waals surface area contributed by atoms with Crippen LogP contribution in [0.1, 0.15) is 33.1 Å². The van der Waals surface area contributed by atoms with E-state index in [1.54, 1.807) is 15.3 Å². The lowest BCUT2D eigenvalue weighted by Crippen LogP contribution is -2.62. The molecule has 0 radical (unpaired) electrons. The van der Waals surface area contributed by atoms with E-state index in [2.05, 4.69) is 107 Å². The third kappa shape index (κ3) is 9.12. The van der Waals surface area contributed by atoms with E-state index in [4.69, 9.17) is 16.0 Å². The van der Waals surface area contributed by atoms with E-state index in [1.165, 1.54) is 0 Å². The predicted molar refractivity (Wildman–Crippen MR) is 392 cm³/mol. The van der Waals surface area contributed by atoms with Gasteiger partial charge in [0.2, 0.25) is 0 Å². The zero-order valence-corrected chi connectivity index (χ0v) is 50.1. The van der Waals surface area contributed by atoms with Gasteiger partial charge in [-0.1, -0.05) is 248 Å². The quantitative estimate of drug-likeness (QED) is 0.108. The average Bonchev–Trinajstić information content (AvgIpc) is 1.40. The minimum Gasteiger partial charge on any atom is -0.342 e. The Morgan fingerprint density at radius 1 is 0.323 bits per heavy atom. The number of anilines is 4. The van der Waals surface area contributed by atoms with Crippen molar-refractivity contribution in [3.05, 3.63) is 339 Å². The molecule has 5 heterocycles. The summed E-state index contributed by atoms with van der Waals surface area (Å²) in [5, 5.41) is -0.228. The Kier molecular flexibility index (Phi) is 9.76. The van der Waals surface area contributed by atoms with Crippen molar-refractivity contribution in [1.82, 2.24) is 14.1 Å². The zero-order chi connectivity index (χ0) is 75.3. The number of hydrogen-bond acceptors (Lipinski definition) is 3. The summed E-state index contributed by atoms with van der Waals surface area (Å²) >= 11 is 0. The average molecular weight is 1200 g/mol. The van der Waals surface area contributed by atoms with Crippen molar-refractivity contribution in [2.75, 3.05) is 22.9 Å². The van der Waals surface area contributed by atoms with Crippen molar-refractivity contribution < 1.29 is 21.9 Å². The van der Waals surface area contributed by atoms with E-state index in [0.717, 1.165) is 94.5 Å². The Labute approximate surface area is 564 Å². The van der Waals surface area contributed by atoms with Crippen molar-refractivity contribution in [3.8, 4) is 67.0 Å². The molecule has 93 heavy (non-hydrogen) atoms. The molecule has 0 saturated carbocycles. The van der Waals surface area contributed by atoms with Gasteiger partial charge in [-0.25, -0.2) is 0 Å². The van der Waals surface area contributed by atoms with Crippen molar-refractivity contribution in [2.45, 2.75) is 12.8 Å². The third-order valence-electron chi connectivity index (χ3n) is 18.7. The maximum Gasteiger partial charge on any atom is 0.252 e. The monoisotopic (exact) mass is 1200 g/mol. The van der Waals surface area contributed by atoms with E-state index in [9.17, 15) is 11.0 Å². The normalized spacial score (nSPS) is 14.8. The standard InChI is InChI=1S/C87H62BN5/c1-5-24-59(25-6-1)67-37-21-38-68(60-26-7-2-8-27-60)71(67)49-52-90-83-56-65(92-79-41-17-13-33-73(79)74-34-14-18-42-80(74)92)45-47-77(83)88-78-48-46-66(93-81-43-19-15-35-75(81)76-36-16-20-44-82(76)93)57-84(78)91(86-55-64(54-85(90)87(86)88)63-32-23-51-89-58-63)53-50-72-69(61-28-9-3-10-29-61)39-22-40-70(72)62-30-11-4-12-31-62/h1-48,51,54-58H,49-50,52-53H2/i13D,14D,15D,16D,17D,18D,19D,20D,33D,34D,35D,36D,41D,42D,43D,44D. The van der Waals surface area contributed by atoms with E-state index < -0.39 is 103 Å². The number of fused-ring (bicyclic) bond motifs is 10. The van der Waals surface area contributed by atoms with E-state index in [1.807, 2.05) is 128 Å². The van der Waals surface area contributed by atoms with Crippen LogP contribution in [0.15, 0.2) is 327 Å². The molecule has 5 nitrogen and oxygen atoms in total. The van der Waals surface area contributed by atoms with Crippen molar-refractivity contribution in [2.24, 2.45) is 0 Å². The van der Waals surface area contributed by atoms with E-state index in [-0.39, 0.29) is 43.6 Å². The molecule has 0 atom stereocenters. The van der Waals surface area contributed by atoms with E-state index >= 15 is 0 Å². The molecule has 0 N–H and O–H groups in total. The van der Waals surface area contributed by atoms with Crippen LogP contribution in [0.2, 0.25) is 0 Å². The Morgan fingerprint density at radius 3 is 1.03 bits per heavy atom. The summed E-state index contributed by atoms with van der Waals surface area (Å²) in [5.41, 5.74) is 17.9. The predicted octanol–water partition coefficient (Wildman–Crippen LogP) is 19.5. The first-order valence-electron chi connectivity index (χ1n) is 39.2. The van der Waals surface area contributed by atoms with E-state index in [0.29, 0.717) is 48.7 Å². The molecule has 0 bridgehead atoms. The lowest BCUT2D eigenvalue weighted by molar-refractivity contribution is 0.906. The fraction of sp³-hybridized carbons (Fsp3) is 0.0460. The summed E-state index contributed by atoms with van der Waals surface area (Å²) in [4.78, 5) is 9.34. The van der Waals surface area contributed by atoms with Crippen molar-refractivity contribution in [3.63, 3.8) is 0 Å². The first-order chi connectivity index (χ1) is 52.8. The summed E-state index contributed by atoms with van der Waals surface area (Å²) in [6.07, 6.45) is 4.45. The molecule has 0 saturated heterocycles. The summed E-state index contributed by atoms with van der Waals surface area (Å²) < 4.78 is 152. The first-order valence-corrected chi connectivity index (χ1v) is 31.2. The summed E-state index contributed by atoms with van der Waals surface area (Å²) in [6, 6.07) is 65.9. The minimum atomic E-state index is -0.651. The molecule has 13 aromatic carbocycles. The fourth-order valence-electron chi connectivity index (χ4n) is 14.7. The molecule has 0 aliphatic carbocycles. The molecular formula is C87H62BN5. The van der Waals surface area contributed by atoms with Crippen LogP contribution >= 0.6 is 0 Å². The molecule has 0 amide bonds. The molecule has 16 aromatic rings. The second kappa shape index (κ2) is 22.6.